The van der Waals surface area contributed by atoms with Crippen molar-refractivity contribution in [2.45, 2.75) is 6.43 Å². The van der Waals surface area contributed by atoms with Crippen LogP contribution in [0.25, 0.3) is 0 Å². The summed E-state index contributed by atoms with van der Waals surface area (Å²) in [5.41, 5.74) is -1.47. The number of aromatic nitrogens is 1. The molecule has 0 aliphatic heterocycles. The van der Waals surface area contributed by atoms with E-state index < -0.39 is 22.6 Å². The number of methoxy groups -OCH3 is 1. The van der Waals surface area contributed by atoms with Crippen LogP contribution in [0.3, 0.4) is 0 Å². The number of halogens is 3. The Balaban J connectivity index is 3.44. The van der Waals surface area contributed by atoms with Crippen molar-refractivity contribution in [3.05, 3.63) is 26.3 Å². The molecule has 82 valence electrons. The molecule has 0 bridgehead atoms. The van der Waals surface area contributed by atoms with Crippen LogP contribution in [0.4, 0.5) is 14.5 Å². The Labute approximate surface area is 91.3 Å². The molecule has 1 aromatic heterocycles. The molecule has 1 rings (SSSR count). The smallest absolute Gasteiger partial charge is 0.299 e. The van der Waals surface area contributed by atoms with Gasteiger partial charge in [-0.25, -0.2) is 13.8 Å². The minimum absolute atomic E-state index is 0.105. The van der Waals surface area contributed by atoms with Gasteiger partial charge in [0.1, 0.15) is 5.56 Å². The third-order valence-corrected chi connectivity index (χ3v) is 2.32. The third kappa shape index (κ3) is 2.20. The van der Waals surface area contributed by atoms with Gasteiger partial charge in [0.05, 0.1) is 12.0 Å². The molecule has 0 unspecified atom stereocenters. The van der Waals surface area contributed by atoms with Crippen molar-refractivity contribution in [3.63, 3.8) is 0 Å². The van der Waals surface area contributed by atoms with Crippen LogP contribution in [-0.2, 0) is 0 Å². The summed E-state index contributed by atoms with van der Waals surface area (Å²) >= 11 is 2.80. The van der Waals surface area contributed by atoms with Gasteiger partial charge in [-0.1, -0.05) is 0 Å². The van der Waals surface area contributed by atoms with Gasteiger partial charge in [-0.15, -0.1) is 0 Å². The number of pyridine rings is 1. The van der Waals surface area contributed by atoms with Crippen LogP contribution in [-0.4, -0.2) is 17.0 Å². The van der Waals surface area contributed by atoms with Gasteiger partial charge in [-0.2, -0.15) is 0 Å². The van der Waals surface area contributed by atoms with E-state index in [1.807, 2.05) is 0 Å². The highest BCUT2D eigenvalue weighted by Gasteiger charge is 2.28. The summed E-state index contributed by atoms with van der Waals surface area (Å²) in [4.78, 5) is 13.2. The number of ether oxygens (including phenoxy) is 1. The molecule has 8 heteroatoms. The van der Waals surface area contributed by atoms with Crippen LogP contribution < -0.4 is 4.74 Å². The van der Waals surface area contributed by atoms with E-state index in [2.05, 4.69) is 25.7 Å². The first-order valence-electron chi connectivity index (χ1n) is 3.64. The highest BCUT2D eigenvalue weighted by molar-refractivity contribution is 9.10. The van der Waals surface area contributed by atoms with Crippen molar-refractivity contribution in [1.82, 2.24) is 4.98 Å². The fourth-order valence-corrected chi connectivity index (χ4v) is 1.60. The lowest BCUT2D eigenvalue weighted by molar-refractivity contribution is -0.387. The standard InChI is InChI=1S/C7H5BrF2N2O3/c1-15-7-4(8)5(12(13)14)3(2-11-7)6(9)10/h2,6H,1H3. The van der Waals surface area contributed by atoms with Crippen molar-refractivity contribution in [2.24, 2.45) is 0 Å². The quantitative estimate of drug-likeness (QED) is 0.632. The summed E-state index contributed by atoms with van der Waals surface area (Å²) in [7, 11) is 1.23. The fourth-order valence-electron chi connectivity index (χ4n) is 0.962. The molecule has 0 spiro atoms. The number of alkyl halides is 2. The molecule has 0 aliphatic carbocycles. The molecule has 15 heavy (non-hydrogen) atoms. The first kappa shape index (κ1) is 11.8. The molecule has 0 fully saturated rings. The zero-order valence-corrected chi connectivity index (χ0v) is 8.99. The third-order valence-electron chi connectivity index (χ3n) is 1.60. The molecule has 0 aliphatic rings. The highest BCUT2D eigenvalue weighted by atomic mass is 79.9. The first-order valence-corrected chi connectivity index (χ1v) is 4.43. The molecule has 1 heterocycles. The largest absolute Gasteiger partial charge is 0.480 e. The lowest BCUT2D eigenvalue weighted by Gasteiger charge is -2.06. The van der Waals surface area contributed by atoms with Crippen LogP contribution in [0.2, 0.25) is 0 Å². The van der Waals surface area contributed by atoms with Gasteiger partial charge in [0.15, 0.2) is 4.47 Å². The predicted octanol–water partition coefficient (Wildman–Crippen LogP) is 2.70. The Bertz CT molecular complexity index is 400. The van der Waals surface area contributed by atoms with Crippen LogP contribution in [0, 0.1) is 10.1 Å². The van der Waals surface area contributed by atoms with Crippen LogP contribution >= 0.6 is 15.9 Å². The van der Waals surface area contributed by atoms with Gasteiger partial charge < -0.3 is 4.74 Å². The van der Waals surface area contributed by atoms with E-state index in [1.165, 1.54) is 7.11 Å². The Morgan fingerprint density at radius 2 is 2.27 bits per heavy atom. The summed E-state index contributed by atoms with van der Waals surface area (Å²) in [6.45, 7) is 0. The van der Waals surface area contributed by atoms with Crippen LogP contribution in [0.5, 0.6) is 5.88 Å². The van der Waals surface area contributed by atoms with E-state index in [-0.39, 0.29) is 10.4 Å². The van der Waals surface area contributed by atoms with E-state index in [0.717, 1.165) is 6.20 Å². The maximum Gasteiger partial charge on any atom is 0.299 e. The van der Waals surface area contributed by atoms with Gasteiger partial charge >= 0.3 is 0 Å². The molecule has 0 atom stereocenters. The molecule has 0 radical (unpaired) electrons. The molecule has 0 N–H and O–H groups in total. The van der Waals surface area contributed by atoms with Gasteiger partial charge in [0, 0.05) is 6.20 Å². The van der Waals surface area contributed by atoms with Crippen molar-refractivity contribution in [1.29, 1.82) is 0 Å². The average molecular weight is 283 g/mol. The minimum Gasteiger partial charge on any atom is -0.480 e. The van der Waals surface area contributed by atoms with Crippen LogP contribution in [0.1, 0.15) is 12.0 Å². The lowest BCUT2D eigenvalue weighted by atomic mass is 10.2. The first-order chi connectivity index (χ1) is 6.99. The SMILES string of the molecule is COc1ncc(C(F)F)c([N+](=O)[O-])c1Br. The second kappa shape index (κ2) is 4.47. The van der Waals surface area contributed by atoms with E-state index in [4.69, 9.17) is 0 Å². The maximum atomic E-state index is 12.4. The van der Waals surface area contributed by atoms with Crippen molar-refractivity contribution >= 4 is 21.6 Å². The van der Waals surface area contributed by atoms with Gasteiger partial charge in [0.2, 0.25) is 5.88 Å². The normalized spacial score (nSPS) is 10.5. The summed E-state index contributed by atoms with van der Waals surface area (Å²) < 4.78 is 29.3. The van der Waals surface area contributed by atoms with Crippen molar-refractivity contribution in [3.8, 4) is 5.88 Å². The van der Waals surface area contributed by atoms with Gasteiger partial charge in [0.25, 0.3) is 12.1 Å². The Morgan fingerprint density at radius 3 is 2.67 bits per heavy atom. The van der Waals surface area contributed by atoms with Crippen molar-refractivity contribution < 1.29 is 18.4 Å². The van der Waals surface area contributed by atoms with E-state index in [9.17, 15) is 18.9 Å². The van der Waals surface area contributed by atoms with Crippen molar-refractivity contribution in [2.75, 3.05) is 7.11 Å². The summed E-state index contributed by atoms with van der Waals surface area (Å²) in [6.07, 6.45) is -2.23. The second-order valence-electron chi connectivity index (χ2n) is 2.44. The molecule has 0 amide bonds. The summed E-state index contributed by atoms with van der Waals surface area (Å²) in [5.74, 6) is -0.105. The predicted molar refractivity (Wildman–Crippen MR) is 50.1 cm³/mol. The molecule has 5 nitrogen and oxygen atoms in total. The van der Waals surface area contributed by atoms with Gasteiger partial charge in [-0.3, -0.25) is 10.1 Å². The fraction of sp³-hybridized carbons (Fsp3) is 0.286. The van der Waals surface area contributed by atoms with E-state index in [1.54, 1.807) is 0 Å². The monoisotopic (exact) mass is 282 g/mol. The Kier molecular flexibility index (Phi) is 3.51. The average Bonchev–Trinajstić information content (AvgIpc) is 2.16. The number of hydrogen-bond acceptors (Lipinski definition) is 4. The van der Waals surface area contributed by atoms with Gasteiger partial charge in [-0.05, 0) is 15.9 Å². The maximum absolute atomic E-state index is 12.4. The summed E-state index contributed by atoms with van der Waals surface area (Å²) in [5, 5.41) is 10.6. The zero-order valence-electron chi connectivity index (χ0n) is 7.41. The topological polar surface area (TPSA) is 65.3 Å². The molecular weight excluding hydrogens is 278 g/mol. The molecular formula is C7H5BrF2N2O3. The van der Waals surface area contributed by atoms with E-state index in [0.29, 0.717) is 0 Å². The Hall–Kier alpha value is -1.31. The lowest BCUT2D eigenvalue weighted by Crippen LogP contribution is -2.01. The molecule has 0 saturated carbocycles. The second-order valence-corrected chi connectivity index (χ2v) is 3.24. The summed E-state index contributed by atoms with van der Waals surface area (Å²) in [6, 6.07) is 0. The Morgan fingerprint density at radius 1 is 1.67 bits per heavy atom. The number of nitro groups is 1. The van der Waals surface area contributed by atoms with E-state index >= 15 is 0 Å². The minimum atomic E-state index is -2.96. The molecule has 1 aromatic rings. The number of rotatable bonds is 3. The number of nitrogens with zero attached hydrogens (tertiary/aromatic N) is 2. The molecule has 0 aromatic carbocycles. The zero-order chi connectivity index (χ0) is 11.6. The number of hydrogen-bond donors (Lipinski definition) is 0. The molecule has 0 saturated heterocycles. The highest BCUT2D eigenvalue weighted by Crippen LogP contribution is 2.38. The van der Waals surface area contributed by atoms with Crippen LogP contribution in [0.15, 0.2) is 10.7 Å².